The van der Waals surface area contributed by atoms with Crippen LogP contribution in [0, 0.1) is 0 Å². The number of hydrogen-bond acceptors (Lipinski definition) is 3. The lowest BCUT2D eigenvalue weighted by atomic mass is 10.4. The summed E-state index contributed by atoms with van der Waals surface area (Å²) in [7, 11) is 1.47. The molecule has 0 radical (unpaired) electrons. The third-order valence-electron chi connectivity index (χ3n) is 0.701. The minimum Gasteiger partial charge on any atom is -0.476 e. The van der Waals surface area contributed by atoms with Crippen LogP contribution in [-0.2, 0) is 4.79 Å². The molecular formula is C6H8N2O2. The van der Waals surface area contributed by atoms with Gasteiger partial charge in [-0.3, -0.25) is 4.99 Å². The molecule has 0 saturated heterocycles. The summed E-state index contributed by atoms with van der Waals surface area (Å²) in [6.45, 7) is 3.25. The number of nitrogens with zero attached hydrogens (tertiary/aromatic N) is 2. The van der Waals surface area contributed by atoms with Crippen LogP contribution >= 0.6 is 0 Å². The van der Waals surface area contributed by atoms with Gasteiger partial charge >= 0.3 is 5.97 Å². The van der Waals surface area contributed by atoms with Crippen LogP contribution in [-0.4, -0.2) is 30.0 Å². The molecule has 0 aliphatic carbocycles. The maximum Gasteiger partial charge on any atom is 0.356 e. The second kappa shape index (κ2) is 4.43. The average molecular weight is 140 g/mol. The Labute approximate surface area is 58.6 Å². The van der Waals surface area contributed by atoms with Gasteiger partial charge < -0.3 is 5.11 Å². The third-order valence-corrected chi connectivity index (χ3v) is 0.701. The van der Waals surface area contributed by atoms with Gasteiger partial charge in [0.15, 0.2) is 5.71 Å². The second-order valence-corrected chi connectivity index (χ2v) is 1.39. The number of carboxylic acid groups (broad SMARTS) is 1. The van der Waals surface area contributed by atoms with Crippen molar-refractivity contribution in [1.82, 2.24) is 0 Å². The highest BCUT2D eigenvalue weighted by atomic mass is 16.4. The molecule has 0 rings (SSSR count). The lowest BCUT2D eigenvalue weighted by Crippen LogP contribution is -2.13. The Morgan fingerprint density at radius 3 is 2.60 bits per heavy atom. The van der Waals surface area contributed by atoms with Gasteiger partial charge in [-0.05, 0) is 0 Å². The van der Waals surface area contributed by atoms with E-state index >= 15 is 0 Å². The summed E-state index contributed by atoms with van der Waals surface area (Å²) in [4.78, 5) is 17.1. The van der Waals surface area contributed by atoms with Gasteiger partial charge in [0.25, 0.3) is 0 Å². The molecular weight excluding hydrogens is 132 g/mol. The van der Waals surface area contributed by atoms with Crippen LogP contribution in [0.4, 0.5) is 0 Å². The Morgan fingerprint density at radius 2 is 2.30 bits per heavy atom. The highest BCUT2D eigenvalue weighted by molar-refractivity contribution is 6.58. The molecule has 0 spiro atoms. The van der Waals surface area contributed by atoms with E-state index in [0.29, 0.717) is 0 Å². The maximum atomic E-state index is 10.2. The summed E-state index contributed by atoms with van der Waals surface area (Å²) < 4.78 is 0. The first kappa shape index (κ1) is 8.55. The van der Waals surface area contributed by atoms with Crippen molar-refractivity contribution in [3.8, 4) is 0 Å². The first-order valence-corrected chi connectivity index (χ1v) is 2.56. The summed E-state index contributed by atoms with van der Waals surface area (Å²) in [6.07, 6.45) is 2.31. The fraction of sp³-hybridized carbons (Fsp3) is 0.167. The zero-order valence-corrected chi connectivity index (χ0v) is 5.61. The molecule has 0 aliphatic rings. The number of aliphatic imine (C=N–C) groups is 2. The van der Waals surface area contributed by atoms with E-state index < -0.39 is 5.97 Å². The van der Waals surface area contributed by atoms with Gasteiger partial charge in [-0.1, -0.05) is 6.58 Å². The molecule has 0 unspecified atom stereocenters. The highest BCUT2D eigenvalue weighted by Gasteiger charge is 2.02. The minimum atomic E-state index is -1.11. The summed E-state index contributed by atoms with van der Waals surface area (Å²) in [5.41, 5.74) is -0.113. The van der Waals surface area contributed by atoms with Crippen molar-refractivity contribution in [3.63, 3.8) is 0 Å². The predicted molar refractivity (Wildman–Crippen MR) is 39.7 cm³/mol. The van der Waals surface area contributed by atoms with Gasteiger partial charge in [0.1, 0.15) is 0 Å². The summed E-state index contributed by atoms with van der Waals surface area (Å²) >= 11 is 0. The molecule has 0 aliphatic heterocycles. The topological polar surface area (TPSA) is 62.0 Å². The van der Waals surface area contributed by atoms with Crippen molar-refractivity contribution < 1.29 is 9.90 Å². The van der Waals surface area contributed by atoms with E-state index in [1.165, 1.54) is 7.05 Å². The van der Waals surface area contributed by atoms with Crippen LogP contribution in [0.3, 0.4) is 0 Å². The maximum absolute atomic E-state index is 10.2. The van der Waals surface area contributed by atoms with E-state index in [2.05, 4.69) is 16.6 Å². The molecule has 0 aromatic heterocycles. The molecule has 54 valence electrons. The zero-order chi connectivity index (χ0) is 7.98. The minimum absolute atomic E-state index is 0.113. The van der Waals surface area contributed by atoms with E-state index in [1.54, 1.807) is 0 Å². The quantitative estimate of drug-likeness (QED) is 0.575. The number of rotatable bonds is 3. The highest BCUT2D eigenvalue weighted by Crippen LogP contribution is 1.76. The molecule has 4 heteroatoms. The Kier molecular flexibility index (Phi) is 3.79. The molecule has 4 nitrogen and oxygen atoms in total. The first-order valence-electron chi connectivity index (χ1n) is 2.56. The molecule has 0 heterocycles. The molecule has 0 fully saturated rings. The van der Waals surface area contributed by atoms with Gasteiger partial charge in [-0.2, -0.15) is 0 Å². The van der Waals surface area contributed by atoms with E-state index in [-0.39, 0.29) is 5.71 Å². The van der Waals surface area contributed by atoms with Crippen LogP contribution < -0.4 is 0 Å². The lowest BCUT2D eigenvalue weighted by molar-refractivity contribution is -0.129. The molecule has 0 saturated carbocycles. The van der Waals surface area contributed by atoms with Crippen LogP contribution in [0.25, 0.3) is 0 Å². The zero-order valence-electron chi connectivity index (χ0n) is 5.61. The van der Waals surface area contributed by atoms with Gasteiger partial charge in [0, 0.05) is 13.2 Å². The first-order chi connectivity index (χ1) is 4.72. The van der Waals surface area contributed by atoms with E-state index in [4.69, 9.17) is 5.11 Å². The average Bonchev–Trinajstić information content (AvgIpc) is 1.87. The predicted octanol–water partition coefficient (Wildman–Crippen LogP) is 0.356. The number of aliphatic carboxylic acids is 1. The van der Waals surface area contributed by atoms with E-state index in [1.807, 2.05) is 0 Å². The van der Waals surface area contributed by atoms with Crippen molar-refractivity contribution in [2.45, 2.75) is 0 Å². The number of carbonyl (C=O) groups is 1. The normalized spacial score (nSPS) is 11.9. The SMILES string of the molecule is C=CN=C(C=NC)C(=O)O. The molecule has 0 bridgehead atoms. The summed E-state index contributed by atoms with van der Waals surface area (Å²) in [5.74, 6) is -1.11. The fourth-order valence-corrected chi connectivity index (χ4v) is 0.364. The second-order valence-electron chi connectivity index (χ2n) is 1.39. The van der Waals surface area contributed by atoms with Crippen molar-refractivity contribution in [2.24, 2.45) is 9.98 Å². The fourth-order valence-electron chi connectivity index (χ4n) is 0.364. The van der Waals surface area contributed by atoms with Crippen molar-refractivity contribution in [2.75, 3.05) is 7.05 Å². The van der Waals surface area contributed by atoms with E-state index in [0.717, 1.165) is 12.4 Å². The van der Waals surface area contributed by atoms with Crippen LogP contribution in [0.15, 0.2) is 22.8 Å². The smallest absolute Gasteiger partial charge is 0.356 e. The molecule has 0 aromatic rings. The Bertz CT molecular complexity index is 194. The van der Waals surface area contributed by atoms with Crippen LogP contribution in [0.5, 0.6) is 0 Å². The number of carboxylic acids is 1. The molecule has 10 heavy (non-hydrogen) atoms. The Hall–Kier alpha value is -1.45. The molecule has 0 amide bonds. The monoisotopic (exact) mass is 140 g/mol. The van der Waals surface area contributed by atoms with Crippen molar-refractivity contribution >= 4 is 17.9 Å². The Morgan fingerprint density at radius 1 is 1.70 bits per heavy atom. The van der Waals surface area contributed by atoms with Gasteiger partial charge in [-0.25, -0.2) is 9.79 Å². The van der Waals surface area contributed by atoms with Crippen LogP contribution in [0.2, 0.25) is 0 Å². The Balaban J connectivity index is 4.41. The summed E-state index contributed by atoms with van der Waals surface area (Å²) in [6, 6.07) is 0. The lowest BCUT2D eigenvalue weighted by Gasteiger charge is -1.87. The summed E-state index contributed by atoms with van der Waals surface area (Å²) in [5, 5.41) is 8.37. The van der Waals surface area contributed by atoms with Crippen molar-refractivity contribution in [3.05, 3.63) is 12.8 Å². The van der Waals surface area contributed by atoms with Crippen LogP contribution in [0.1, 0.15) is 0 Å². The van der Waals surface area contributed by atoms with E-state index in [9.17, 15) is 4.79 Å². The number of hydrogen-bond donors (Lipinski definition) is 1. The van der Waals surface area contributed by atoms with Gasteiger partial charge in [0.05, 0.1) is 6.21 Å². The third kappa shape index (κ3) is 2.76. The standard InChI is InChI=1S/C6H8N2O2/c1-3-8-5(4-7-2)6(9)10/h3-4H,1H2,2H3,(H,9,10). The molecule has 0 aromatic carbocycles. The molecule has 1 N–H and O–H groups in total. The largest absolute Gasteiger partial charge is 0.476 e. The van der Waals surface area contributed by atoms with Gasteiger partial charge in [0.2, 0.25) is 0 Å². The molecule has 0 atom stereocenters. The van der Waals surface area contributed by atoms with Gasteiger partial charge in [-0.15, -0.1) is 0 Å². The van der Waals surface area contributed by atoms with Crippen molar-refractivity contribution in [1.29, 1.82) is 0 Å².